The van der Waals surface area contributed by atoms with Crippen LogP contribution in [0.3, 0.4) is 0 Å². The number of benzene rings is 3. The van der Waals surface area contributed by atoms with Gasteiger partial charge in [0.2, 0.25) is 11.6 Å². The number of rotatable bonds is 7. The normalized spacial score (nSPS) is 12.2. The molecule has 8 nitrogen and oxygen atoms in total. The van der Waals surface area contributed by atoms with Gasteiger partial charge in [-0.3, -0.25) is 14.2 Å². The molecule has 0 unspecified atom stereocenters. The van der Waals surface area contributed by atoms with Crippen LogP contribution in [0.15, 0.2) is 81.4 Å². The zero-order valence-corrected chi connectivity index (χ0v) is 26.8. The first kappa shape index (κ1) is 34.3. The van der Waals surface area contributed by atoms with E-state index >= 15 is 0 Å². The molecule has 3 aromatic carbocycles. The maximum atomic E-state index is 13.9. The molecule has 0 bridgehead atoms. The molecule has 0 saturated carbocycles. The summed E-state index contributed by atoms with van der Waals surface area (Å²) in [5, 5.41) is 19.8. The van der Waals surface area contributed by atoms with Crippen LogP contribution in [0.1, 0.15) is 43.2 Å². The number of phenols is 2. The van der Waals surface area contributed by atoms with E-state index in [1.165, 1.54) is 0 Å². The molecule has 0 saturated heterocycles. The molecule has 3 heterocycles. The molecule has 6 rings (SSSR count). The van der Waals surface area contributed by atoms with Crippen LogP contribution in [-0.2, 0) is 12.4 Å². The Morgan fingerprint density at radius 1 is 0.816 bits per heavy atom. The van der Waals surface area contributed by atoms with E-state index in [4.69, 9.17) is 39.2 Å². The number of aromatic nitrogens is 3. The third kappa shape index (κ3) is 6.34. The molecule has 3 N–H and O–H groups in total. The van der Waals surface area contributed by atoms with E-state index in [0.29, 0.717) is 35.4 Å². The number of fused-ring (bicyclic) bond motifs is 1. The van der Waals surface area contributed by atoms with Crippen molar-refractivity contribution in [1.29, 1.82) is 0 Å². The lowest BCUT2D eigenvalue weighted by molar-refractivity contribution is -0.138. The maximum Gasteiger partial charge on any atom is 0.416 e. The minimum Gasteiger partial charge on any atom is -0.507 e. The van der Waals surface area contributed by atoms with Gasteiger partial charge in [-0.15, -0.1) is 0 Å². The summed E-state index contributed by atoms with van der Waals surface area (Å²) < 4.78 is 86.4. The van der Waals surface area contributed by atoms with Crippen molar-refractivity contribution in [3.63, 3.8) is 0 Å². The molecular formula is C31H14Cl3F6N3O5S. The van der Waals surface area contributed by atoms with E-state index in [1.54, 1.807) is 24.3 Å². The lowest BCUT2D eigenvalue weighted by atomic mass is 10.0. The number of halogens is 9. The van der Waals surface area contributed by atoms with E-state index in [1.807, 2.05) is 0 Å². The number of nitrogens with one attached hydrogen (secondary N) is 1. The van der Waals surface area contributed by atoms with Crippen LogP contribution in [0, 0.1) is 0 Å². The number of H-pyrrole nitrogens is 1. The molecule has 0 amide bonds. The topological polar surface area (TPSA) is 121 Å². The van der Waals surface area contributed by atoms with E-state index < -0.39 is 79.8 Å². The Morgan fingerprint density at radius 3 is 1.94 bits per heavy atom. The predicted molar refractivity (Wildman–Crippen MR) is 166 cm³/mol. The van der Waals surface area contributed by atoms with Crippen LogP contribution in [-0.4, -0.2) is 36.3 Å². The van der Waals surface area contributed by atoms with Crippen molar-refractivity contribution in [2.24, 2.45) is 0 Å². The summed E-state index contributed by atoms with van der Waals surface area (Å²) in [5.74, 6) is -4.32. The third-order valence-electron chi connectivity index (χ3n) is 7.06. The molecule has 49 heavy (non-hydrogen) atoms. The van der Waals surface area contributed by atoms with Gasteiger partial charge in [-0.25, -0.2) is 4.98 Å². The van der Waals surface area contributed by atoms with Crippen molar-refractivity contribution in [2.75, 3.05) is 0 Å². The molecule has 0 spiro atoms. The molecule has 0 aliphatic heterocycles. The number of hydrogen-bond acceptors (Lipinski definition) is 7. The fraction of sp³-hybridized carbons (Fsp3) is 0.0645. The first-order valence-electron chi connectivity index (χ1n) is 13.4. The zero-order valence-electron chi connectivity index (χ0n) is 23.7. The summed E-state index contributed by atoms with van der Waals surface area (Å²) >= 11 is 20.2. The summed E-state index contributed by atoms with van der Waals surface area (Å²) in [6.45, 7) is 0. The van der Waals surface area contributed by atoms with Crippen molar-refractivity contribution in [1.82, 2.24) is 14.5 Å². The molecule has 252 valence electrons. The van der Waals surface area contributed by atoms with E-state index in [2.05, 4.69) is 9.97 Å². The van der Waals surface area contributed by atoms with E-state index in [-0.39, 0.29) is 20.4 Å². The number of carbonyl (C=O) groups excluding carboxylic acids is 2. The smallest absolute Gasteiger partial charge is 0.416 e. The maximum absolute atomic E-state index is 13.9. The van der Waals surface area contributed by atoms with Crippen molar-refractivity contribution in [3.8, 4) is 17.2 Å². The van der Waals surface area contributed by atoms with Gasteiger partial charge in [0.25, 0.3) is 5.22 Å². The second kappa shape index (κ2) is 12.4. The van der Waals surface area contributed by atoms with Gasteiger partial charge in [0.1, 0.15) is 37.9 Å². The molecule has 0 aliphatic carbocycles. The average Bonchev–Trinajstić information content (AvgIpc) is 3.68. The zero-order chi connectivity index (χ0) is 35.6. The van der Waals surface area contributed by atoms with Gasteiger partial charge >= 0.3 is 12.4 Å². The highest BCUT2D eigenvalue weighted by atomic mass is 35.5. The minimum absolute atomic E-state index is 0.0233. The summed E-state index contributed by atoms with van der Waals surface area (Å²) in [4.78, 5) is 34.6. The van der Waals surface area contributed by atoms with Gasteiger partial charge in [-0.05, 0) is 66.4 Å². The molecule has 0 radical (unpaired) electrons. The Kier molecular flexibility index (Phi) is 8.67. The summed E-state index contributed by atoms with van der Waals surface area (Å²) in [6.07, 6.45) is -9.69. The van der Waals surface area contributed by atoms with Gasteiger partial charge < -0.3 is 19.6 Å². The van der Waals surface area contributed by atoms with Crippen LogP contribution in [0.5, 0.6) is 11.5 Å². The number of aromatic hydroxyl groups is 2. The fourth-order valence-corrected chi connectivity index (χ4v) is 6.40. The van der Waals surface area contributed by atoms with Gasteiger partial charge in [-0.1, -0.05) is 46.9 Å². The van der Waals surface area contributed by atoms with Crippen LogP contribution in [0.2, 0.25) is 15.2 Å². The average molecular weight is 761 g/mol. The number of carbonyl (C=O) groups is 2. The van der Waals surface area contributed by atoms with Crippen molar-refractivity contribution >= 4 is 69.2 Å². The second-order valence-electron chi connectivity index (χ2n) is 10.2. The monoisotopic (exact) mass is 759 g/mol. The van der Waals surface area contributed by atoms with Crippen molar-refractivity contribution in [2.45, 2.75) is 22.6 Å². The van der Waals surface area contributed by atoms with Crippen LogP contribution < -0.4 is 0 Å². The third-order valence-corrected chi connectivity index (χ3v) is 9.16. The van der Waals surface area contributed by atoms with Crippen molar-refractivity contribution in [3.05, 3.63) is 116 Å². The van der Waals surface area contributed by atoms with Crippen LogP contribution in [0.25, 0.3) is 16.8 Å². The number of aromatic amines is 1. The van der Waals surface area contributed by atoms with E-state index in [9.17, 15) is 46.1 Å². The first-order valence-corrected chi connectivity index (χ1v) is 15.3. The van der Waals surface area contributed by atoms with E-state index in [0.717, 1.165) is 34.5 Å². The predicted octanol–water partition coefficient (Wildman–Crippen LogP) is 9.97. The summed E-state index contributed by atoms with van der Waals surface area (Å²) in [5.41, 5.74) is -4.31. The van der Waals surface area contributed by atoms with Gasteiger partial charge in [0, 0.05) is 0 Å². The van der Waals surface area contributed by atoms with Gasteiger partial charge in [0.15, 0.2) is 5.58 Å². The minimum atomic E-state index is -4.85. The van der Waals surface area contributed by atoms with Gasteiger partial charge in [-0.2, -0.15) is 26.3 Å². The largest absolute Gasteiger partial charge is 0.507 e. The number of para-hydroxylation sites is 2. The molecule has 18 heteroatoms. The van der Waals surface area contributed by atoms with Crippen LogP contribution >= 0.6 is 46.6 Å². The Morgan fingerprint density at radius 2 is 1.39 bits per heavy atom. The Bertz CT molecular complexity index is 2280. The number of phenolic OH excluding ortho intramolecular Hbond substituents is 2. The Balaban J connectivity index is 1.56. The highest BCUT2D eigenvalue weighted by molar-refractivity contribution is 7.99. The summed E-state index contributed by atoms with van der Waals surface area (Å²) in [6, 6.07) is 11.0. The molecule has 0 aliphatic rings. The quantitative estimate of drug-likeness (QED) is 0.109. The lowest BCUT2D eigenvalue weighted by Gasteiger charge is -2.15. The second-order valence-corrected chi connectivity index (χ2v) is 12.3. The van der Waals surface area contributed by atoms with Crippen molar-refractivity contribution < 1.29 is 50.6 Å². The lowest BCUT2D eigenvalue weighted by Crippen LogP contribution is -2.14. The number of oxazole rings is 1. The standard InChI is InChI=1S/C31H14Cl3F6N3O5S/c32-16-11-18(25(46)14-7-5-12(9-19(14)44)30(35,36)37)43(28(16)49-29-41-17-3-1-2-4-21(17)48-29)24-22(33)27(34)42-23(24)26(47)15-8-6-13(10-20(15)45)31(38,39)40/h1-11,42,44-45H. The molecule has 3 aromatic heterocycles. The highest BCUT2D eigenvalue weighted by Crippen LogP contribution is 2.44. The number of ketones is 2. The molecule has 0 atom stereocenters. The number of hydrogen-bond donors (Lipinski definition) is 3. The molecule has 6 aromatic rings. The SMILES string of the molecule is O=C(c1ccc(C(F)(F)F)cc1O)c1[nH]c(Cl)c(Cl)c1-n1c(C(=O)c2ccc(C(F)(F)F)cc2O)cc(Cl)c1Sc1nc2ccccc2o1. The molecule has 0 fully saturated rings. The summed E-state index contributed by atoms with van der Waals surface area (Å²) in [7, 11) is 0. The van der Waals surface area contributed by atoms with Crippen LogP contribution in [0.4, 0.5) is 26.3 Å². The Labute approximate surface area is 288 Å². The highest BCUT2D eigenvalue weighted by Gasteiger charge is 2.36. The first-order chi connectivity index (χ1) is 23.0. The number of nitrogens with zero attached hydrogens (tertiary/aromatic N) is 2. The van der Waals surface area contributed by atoms with Gasteiger partial charge in [0.05, 0.1) is 38.7 Å². The Hall–Kier alpha value is -4.57. The fourth-order valence-electron chi connectivity index (χ4n) is 4.81. The molecular weight excluding hydrogens is 747 g/mol. The number of alkyl halides is 6.